The monoisotopic (exact) mass is 385 g/mol. The van der Waals surface area contributed by atoms with Crippen molar-refractivity contribution in [3.05, 3.63) is 78.0 Å². The molecule has 0 amide bonds. The summed E-state index contributed by atoms with van der Waals surface area (Å²) in [6.45, 7) is 0.513. The Morgan fingerprint density at radius 3 is 2.58 bits per heavy atom. The summed E-state index contributed by atoms with van der Waals surface area (Å²) in [4.78, 5) is 4.64. The third kappa shape index (κ3) is 2.81. The second-order valence-electron chi connectivity index (χ2n) is 6.10. The zero-order valence-electron chi connectivity index (χ0n) is 14.0. The zero-order chi connectivity index (χ0) is 18.3. The van der Waals surface area contributed by atoms with E-state index in [2.05, 4.69) is 4.98 Å². The number of sulfone groups is 1. The Hall–Kier alpha value is -2.57. The minimum atomic E-state index is -3.65. The molecule has 2 aromatic heterocycles. The van der Waals surface area contributed by atoms with Gasteiger partial charge in [0.15, 0.2) is 0 Å². The smallest absolute Gasteiger partial charge is 0.208 e. The molecule has 0 aliphatic rings. The van der Waals surface area contributed by atoms with Gasteiger partial charge in [0.25, 0.3) is 0 Å². The van der Waals surface area contributed by atoms with Crippen molar-refractivity contribution in [1.82, 2.24) is 14.1 Å². The summed E-state index contributed by atoms with van der Waals surface area (Å²) in [6, 6.07) is 13.7. The number of aromatic nitrogens is 3. The van der Waals surface area contributed by atoms with Crippen molar-refractivity contribution in [2.24, 2.45) is 7.05 Å². The number of nitrogens with zero attached hydrogens (tertiary/aromatic N) is 3. The summed E-state index contributed by atoms with van der Waals surface area (Å²) in [5, 5.41) is 1.11. The van der Waals surface area contributed by atoms with Crippen molar-refractivity contribution in [2.45, 2.75) is 16.3 Å². The van der Waals surface area contributed by atoms with E-state index in [1.165, 1.54) is 0 Å². The van der Waals surface area contributed by atoms with Crippen LogP contribution in [-0.4, -0.2) is 22.5 Å². The third-order valence-electron chi connectivity index (χ3n) is 4.40. The van der Waals surface area contributed by atoms with Gasteiger partial charge >= 0.3 is 0 Å². The fourth-order valence-electron chi connectivity index (χ4n) is 3.02. The maximum absolute atomic E-state index is 13.2. The number of hydrogen-bond acceptors (Lipinski definition) is 3. The quantitative estimate of drug-likeness (QED) is 0.535. The Balaban J connectivity index is 1.93. The van der Waals surface area contributed by atoms with Gasteiger partial charge in [0, 0.05) is 35.4 Å². The van der Waals surface area contributed by atoms with Gasteiger partial charge in [0.05, 0.1) is 28.4 Å². The Morgan fingerprint density at radius 1 is 1.12 bits per heavy atom. The summed E-state index contributed by atoms with van der Waals surface area (Å²) in [6.07, 6.45) is 5.17. The normalized spacial score (nSPS) is 11.9. The summed E-state index contributed by atoms with van der Waals surface area (Å²) < 4.78 is 30.2. The van der Waals surface area contributed by atoms with Crippen LogP contribution in [-0.2, 0) is 23.4 Å². The maximum Gasteiger partial charge on any atom is 0.208 e. The number of fused-ring (bicyclic) bond motifs is 1. The molecule has 0 atom stereocenters. The highest BCUT2D eigenvalue weighted by Gasteiger charge is 2.23. The second-order valence-corrected chi connectivity index (χ2v) is 8.45. The number of halogens is 1. The fraction of sp³-hybridized carbons (Fsp3) is 0.105. The minimum absolute atomic E-state index is 0.253. The molecule has 132 valence electrons. The van der Waals surface area contributed by atoms with Crippen LogP contribution in [0.1, 0.15) is 5.69 Å². The topological polar surface area (TPSA) is 56.9 Å². The molecule has 0 saturated heterocycles. The summed E-state index contributed by atoms with van der Waals surface area (Å²) >= 11 is 6.15. The van der Waals surface area contributed by atoms with E-state index in [1.54, 1.807) is 61.2 Å². The Kier molecular flexibility index (Phi) is 4.09. The van der Waals surface area contributed by atoms with E-state index in [9.17, 15) is 8.42 Å². The van der Waals surface area contributed by atoms with E-state index >= 15 is 0 Å². The molecule has 0 aliphatic heterocycles. The van der Waals surface area contributed by atoms with E-state index in [1.807, 2.05) is 22.2 Å². The van der Waals surface area contributed by atoms with Crippen molar-refractivity contribution in [3.63, 3.8) is 0 Å². The van der Waals surface area contributed by atoms with Crippen molar-refractivity contribution in [1.29, 1.82) is 0 Å². The molecule has 0 unspecified atom stereocenters. The van der Waals surface area contributed by atoms with Gasteiger partial charge < -0.3 is 9.13 Å². The number of imidazole rings is 1. The average molecular weight is 386 g/mol. The van der Waals surface area contributed by atoms with E-state index in [-0.39, 0.29) is 9.79 Å². The van der Waals surface area contributed by atoms with Crippen LogP contribution in [0.4, 0.5) is 0 Å². The van der Waals surface area contributed by atoms with Crippen LogP contribution in [0.5, 0.6) is 0 Å². The molecule has 7 heteroatoms. The molecular weight excluding hydrogens is 370 g/mol. The molecular formula is C19H16ClN3O2S. The second kappa shape index (κ2) is 6.30. The Labute approximate surface area is 156 Å². The van der Waals surface area contributed by atoms with Gasteiger partial charge in [0.1, 0.15) is 0 Å². The van der Waals surface area contributed by atoms with Gasteiger partial charge in [-0.15, -0.1) is 0 Å². The molecule has 0 N–H and O–H groups in total. The first-order valence-corrected chi connectivity index (χ1v) is 9.86. The number of benzene rings is 2. The Morgan fingerprint density at radius 2 is 1.88 bits per heavy atom. The van der Waals surface area contributed by atoms with Gasteiger partial charge in [-0.05, 0) is 30.3 Å². The lowest BCUT2D eigenvalue weighted by Gasteiger charge is -2.05. The standard InChI is InChI=1S/C19H16ClN3O2S/c1-22-13-21-10-15(22)11-23-12-19(17-9-14(20)7-8-18(17)23)26(24,25)16-5-3-2-4-6-16/h2-10,12-13H,11H2,1H3. The van der Waals surface area contributed by atoms with Gasteiger partial charge in [0.2, 0.25) is 9.84 Å². The van der Waals surface area contributed by atoms with Gasteiger partial charge in [-0.3, -0.25) is 0 Å². The molecule has 4 aromatic rings. The molecule has 0 bridgehead atoms. The first-order chi connectivity index (χ1) is 12.5. The van der Waals surface area contributed by atoms with E-state index in [0.717, 1.165) is 11.2 Å². The fourth-order valence-corrected chi connectivity index (χ4v) is 4.68. The van der Waals surface area contributed by atoms with Crippen LogP contribution >= 0.6 is 11.6 Å². The van der Waals surface area contributed by atoms with Gasteiger partial charge in [-0.2, -0.15) is 0 Å². The zero-order valence-corrected chi connectivity index (χ0v) is 15.6. The van der Waals surface area contributed by atoms with Crippen LogP contribution in [0.25, 0.3) is 10.9 Å². The van der Waals surface area contributed by atoms with E-state index in [4.69, 9.17) is 11.6 Å². The molecule has 2 heterocycles. The minimum Gasteiger partial charge on any atom is -0.340 e. The highest BCUT2D eigenvalue weighted by Crippen LogP contribution is 2.32. The van der Waals surface area contributed by atoms with Crippen molar-refractivity contribution >= 4 is 32.3 Å². The van der Waals surface area contributed by atoms with Crippen LogP contribution in [0.3, 0.4) is 0 Å². The molecule has 0 fully saturated rings. The molecule has 26 heavy (non-hydrogen) atoms. The lowest BCUT2D eigenvalue weighted by atomic mass is 10.2. The first kappa shape index (κ1) is 16.9. The molecule has 2 aromatic carbocycles. The lowest BCUT2D eigenvalue weighted by molar-refractivity contribution is 0.596. The van der Waals surface area contributed by atoms with Crippen LogP contribution < -0.4 is 0 Å². The summed E-state index contributed by atoms with van der Waals surface area (Å²) in [5.74, 6) is 0. The lowest BCUT2D eigenvalue weighted by Crippen LogP contribution is -2.04. The van der Waals surface area contributed by atoms with E-state index < -0.39 is 9.84 Å². The summed E-state index contributed by atoms with van der Waals surface area (Å²) in [7, 11) is -1.74. The largest absolute Gasteiger partial charge is 0.340 e. The molecule has 0 saturated carbocycles. The van der Waals surface area contributed by atoms with E-state index in [0.29, 0.717) is 17.0 Å². The van der Waals surface area contributed by atoms with Crippen LogP contribution in [0.15, 0.2) is 77.0 Å². The molecule has 0 spiro atoms. The van der Waals surface area contributed by atoms with Gasteiger partial charge in [-0.1, -0.05) is 29.8 Å². The summed E-state index contributed by atoms with van der Waals surface area (Å²) in [5.41, 5.74) is 1.78. The maximum atomic E-state index is 13.2. The molecule has 5 nitrogen and oxygen atoms in total. The van der Waals surface area contributed by atoms with Gasteiger partial charge in [-0.25, -0.2) is 13.4 Å². The SMILES string of the molecule is Cn1cncc1Cn1cc(S(=O)(=O)c2ccccc2)c2cc(Cl)ccc21. The van der Waals surface area contributed by atoms with Crippen molar-refractivity contribution in [2.75, 3.05) is 0 Å². The Bertz CT molecular complexity index is 1190. The third-order valence-corrected chi connectivity index (χ3v) is 6.43. The molecule has 0 aliphatic carbocycles. The van der Waals surface area contributed by atoms with Crippen LogP contribution in [0, 0.1) is 0 Å². The van der Waals surface area contributed by atoms with Crippen molar-refractivity contribution in [3.8, 4) is 0 Å². The molecule has 4 rings (SSSR count). The number of rotatable bonds is 4. The highest BCUT2D eigenvalue weighted by atomic mass is 35.5. The predicted octanol–water partition coefficient (Wildman–Crippen LogP) is 3.91. The number of aryl methyl sites for hydroxylation is 1. The number of hydrogen-bond donors (Lipinski definition) is 0. The van der Waals surface area contributed by atoms with Crippen molar-refractivity contribution < 1.29 is 8.42 Å². The average Bonchev–Trinajstić information content (AvgIpc) is 3.20. The van der Waals surface area contributed by atoms with Crippen LogP contribution in [0.2, 0.25) is 5.02 Å². The first-order valence-electron chi connectivity index (χ1n) is 8.00. The molecule has 0 radical (unpaired) electrons. The highest BCUT2D eigenvalue weighted by molar-refractivity contribution is 7.91. The predicted molar refractivity (Wildman–Crippen MR) is 101 cm³/mol.